The molecule has 25 heavy (non-hydrogen) atoms. The number of carbonyl (C=O) groups is 1. The number of aromatic nitrogens is 1. The Labute approximate surface area is 146 Å². The number of aryl methyl sites for hydroxylation is 2. The van der Waals surface area contributed by atoms with Gasteiger partial charge in [0.05, 0.1) is 18.4 Å². The number of amides is 1. The molecule has 0 spiro atoms. The van der Waals surface area contributed by atoms with E-state index in [2.05, 4.69) is 10.5 Å². The van der Waals surface area contributed by atoms with Gasteiger partial charge >= 0.3 is 0 Å². The molecular weight excluding hydrogens is 316 g/mol. The summed E-state index contributed by atoms with van der Waals surface area (Å²) in [4.78, 5) is 12.8. The van der Waals surface area contributed by atoms with Crippen LogP contribution >= 0.6 is 0 Å². The lowest BCUT2D eigenvalue weighted by molar-refractivity contribution is 0.0950. The predicted molar refractivity (Wildman–Crippen MR) is 95.6 cm³/mol. The van der Waals surface area contributed by atoms with Gasteiger partial charge in [0.1, 0.15) is 11.3 Å². The second kappa shape index (κ2) is 7.21. The molecule has 0 aliphatic carbocycles. The zero-order valence-electron chi connectivity index (χ0n) is 14.5. The van der Waals surface area contributed by atoms with Crippen molar-refractivity contribution in [1.29, 1.82) is 0 Å². The Balaban J connectivity index is 1.89. The number of para-hydroxylation sites is 1. The van der Waals surface area contributed by atoms with E-state index in [1.54, 1.807) is 14.0 Å². The molecule has 0 bridgehead atoms. The van der Waals surface area contributed by atoms with E-state index in [-0.39, 0.29) is 5.91 Å². The highest BCUT2D eigenvalue weighted by atomic mass is 16.5. The quantitative estimate of drug-likeness (QED) is 0.767. The molecule has 128 valence electrons. The van der Waals surface area contributed by atoms with E-state index in [1.165, 1.54) is 0 Å². The van der Waals surface area contributed by atoms with Crippen LogP contribution in [0.25, 0.3) is 11.3 Å². The SMILES string of the molecule is COc1ccccc1-c1onc(C)c1C(=O)NCc1ccccc1C. The number of ether oxygens (including phenoxy) is 1. The number of nitrogens with one attached hydrogen (secondary N) is 1. The topological polar surface area (TPSA) is 64.4 Å². The van der Waals surface area contributed by atoms with Gasteiger partial charge in [0.2, 0.25) is 0 Å². The minimum Gasteiger partial charge on any atom is -0.496 e. The summed E-state index contributed by atoms with van der Waals surface area (Å²) in [5.41, 5.74) is 3.88. The van der Waals surface area contributed by atoms with E-state index >= 15 is 0 Å². The highest BCUT2D eigenvalue weighted by Crippen LogP contribution is 2.33. The number of methoxy groups -OCH3 is 1. The Kier molecular flexibility index (Phi) is 4.84. The molecule has 1 heterocycles. The van der Waals surface area contributed by atoms with Crippen LogP contribution in [0.4, 0.5) is 0 Å². The van der Waals surface area contributed by atoms with Crippen LogP contribution in [-0.4, -0.2) is 18.2 Å². The summed E-state index contributed by atoms with van der Waals surface area (Å²) >= 11 is 0. The molecular formula is C20H20N2O3. The zero-order chi connectivity index (χ0) is 17.8. The second-order valence-corrected chi connectivity index (χ2v) is 5.78. The maximum Gasteiger partial charge on any atom is 0.257 e. The number of hydrogen-bond donors (Lipinski definition) is 1. The molecule has 3 rings (SSSR count). The monoisotopic (exact) mass is 336 g/mol. The first-order chi connectivity index (χ1) is 12.1. The van der Waals surface area contributed by atoms with E-state index in [0.29, 0.717) is 34.9 Å². The summed E-state index contributed by atoms with van der Waals surface area (Å²) in [6.45, 7) is 4.22. The first-order valence-corrected chi connectivity index (χ1v) is 8.04. The summed E-state index contributed by atoms with van der Waals surface area (Å²) in [7, 11) is 1.58. The number of carbonyl (C=O) groups excluding carboxylic acids is 1. The minimum atomic E-state index is -0.220. The van der Waals surface area contributed by atoms with Crippen molar-refractivity contribution in [2.45, 2.75) is 20.4 Å². The molecule has 0 atom stereocenters. The van der Waals surface area contributed by atoms with Gasteiger partial charge in [0.25, 0.3) is 5.91 Å². The van der Waals surface area contributed by atoms with Gasteiger partial charge in [-0.2, -0.15) is 0 Å². The van der Waals surface area contributed by atoms with Crippen LogP contribution in [-0.2, 0) is 6.54 Å². The highest BCUT2D eigenvalue weighted by molar-refractivity contribution is 6.01. The van der Waals surface area contributed by atoms with Crippen molar-refractivity contribution in [2.75, 3.05) is 7.11 Å². The van der Waals surface area contributed by atoms with E-state index in [9.17, 15) is 4.79 Å². The Morgan fingerprint density at radius 1 is 1.12 bits per heavy atom. The van der Waals surface area contributed by atoms with Gasteiger partial charge in [-0.25, -0.2) is 0 Å². The van der Waals surface area contributed by atoms with Gasteiger partial charge in [0, 0.05) is 6.54 Å². The van der Waals surface area contributed by atoms with Crippen LogP contribution in [0.15, 0.2) is 53.1 Å². The molecule has 0 saturated heterocycles. The maximum atomic E-state index is 12.8. The van der Waals surface area contributed by atoms with Crippen molar-refractivity contribution in [3.05, 3.63) is 70.9 Å². The molecule has 5 nitrogen and oxygen atoms in total. The highest BCUT2D eigenvalue weighted by Gasteiger charge is 2.23. The zero-order valence-corrected chi connectivity index (χ0v) is 14.5. The van der Waals surface area contributed by atoms with Gasteiger partial charge in [-0.1, -0.05) is 41.6 Å². The van der Waals surface area contributed by atoms with E-state index in [1.807, 2.05) is 55.5 Å². The molecule has 0 aliphatic rings. The van der Waals surface area contributed by atoms with Crippen LogP contribution in [0.2, 0.25) is 0 Å². The van der Waals surface area contributed by atoms with Crippen LogP contribution in [0.1, 0.15) is 27.2 Å². The Morgan fingerprint density at radius 3 is 2.60 bits per heavy atom. The summed E-state index contributed by atoms with van der Waals surface area (Å²) in [5, 5.41) is 6.92. The van der Waals surface area contributed by atoms with Gasteiger partial charge in [-0.15, -0.1) is 0 Å². The Bertz CT molecular complexity index is 899. The Morgan fingerprint density at radius 2 is 1.84 bits per heavy atom. The normalized spacial score (nSPS) is 10.5. The fraction of sp³-hybridized carbons (Fsp3) is 0.200. The molecule has 1 amide bonds. The van der Waals surface area contributed by atoms with Crippen LogP contribution in [0.3, 0.4) is 0 Å². The third kappa shape index (κ3) is 3.40. The summed E-state index contributed by atoms with van der Waals surface area (Å²) < 4.78 is 10.8. The third-order valence-corrected chi connectivity index (χ3v) is 4.14. The lowest BCUT2D eigenvalue weighted by atomic mass is 10.0. The first kappa shape index (κ1) is 16.8. The number of hydrogen-bond acceptors (Lipinski definition) is 4. The van der Waals surface area contributed by atoms with Crippen molar-refractivity contribution < 1.29 is 14.1 Å². The molecule has 5 heteroatoms. The van der Waals surface area contributed by atoms with Gasteiger partial charge in [-0.05, 0) is 37.1 Å². The van der Waals surface area contributed by atoms with Crippen molar-refractivity contribution in [1.82, 2.24) is 10.5 Å². The van der Waals surface area contributed by atoms with E-state index < -0.39 is 0 Å². The fourth-order valence-electron chi connectivity index (χ4n) is 2.73. The van der Waals surface area contributed by atoms with E-state index in [4.69, 9.17) is 9.26 Å². The smallest absolute Gasteiger partial charge is 0.257 e. The van der Waals surface area contributed by atoms with Crippen LogP contribution in [0, 0.1) is 13.8 Å². The van der Waals surface area contributed by atoms with Crippen molar-refractivity contribution in [2.24, 2.45) is 0 Å². The van der Waals surface area contributed by atoms with Crippen molar-refractivity contribution in [3.63, 3.8) is 0 Å². The van der Waals surface area contributed by atoms with Gasteiger partial charge < -0.3 is 14.6 Å². The van der Waals surface area contributed by atoms with Crippen molar-refractivity contribution in [3.8, 4) is 17.1 Å². The lowest BCUT2D eigenvalue weighted by Crippen LogP contribution is -2.24. The Hall–Kier alpha value is -3.08. The summed E-state index contributed by atoms with van der Waals surface area (Å²) in [5.74, 6) is 0.826. The second-order valence-electron chi connectivity index (χ2n) is 5.78. The molecule has 0 aliphatic heterocycles. The predicted octanol–water partition coefficient (Wildman–Crippen LogP) is 3.90. The molecule has 1 N–H and O–H groups in total. The molecule has 0 radical (unpaired) electrons. The van der Waals surface area contributed by atoms with Crippen LogP contribution in [0.5, 0.6) is 5.75 Å². The van der Waals surface area contributed by atoms with Crippen molar-refractivity contribution >= 4 is 5.91 Å². The molecule has 1 aromatic heterocycles. The number of rotatable bonds is 5. The average Bonchev–Trinajstić information content (AvgIpc) is 3.02. The molecule has 0 unspecified atom stereocenters. The summed E-state index contributed by atoms with van der Waals surface area (Å²) in [6.07, 6.45) is 0. The third-order valence-electron chi connectivity index (χ3n) is 4.14. The molecule has 3 aromatic rings. The minimum absolute atomic E-state index is 0.220. The lowest BCUT2D eigenvalue weighted by Gasteiger charge is -2.09. The molecule has 0 saturated carbocycles. The van der Waals surface area contributed by atoms with Gasteiger partial charge in [0.15, 0.2) is 5.76 Å². The average molecular weight is 336 g/mol. The summed E-state index contributed by atoms with van der Waals surface area (Å²) in [6, 6.07) is 15.3. The van der Waals surface area contributed by atoms with Crippen LogP contribution < -0.4 is 10.1 Å². The van der Waals surface area contributed by atoms with E-state index in [0.717, 1.165) is 11.1 Å². The largest absolute Gasteiger partial charge is 0.496 e. The molecule has 0 fully saturated rings. The first-order valence-electron chi connectivity index (χ1n) is 8.04. The fourth-order valence-corrected chi connectivity index (χ4v) is 2.73. The number of benzene rings is 2. The standard InChI is InChI=1S/C20H20N2O3/c1-13-8-4-5-9-15(13)12-21-20(23)18-14(2)22-25-19(18)16-10-6-7-11-17(16)24-3/h4-11H,12H2,1-3H3,(H,21,23). The maximum absolute atomic E-state index is 12.8. The van der Waals surface area contributed by atoms with Gasteiger partial charge in [-0.3, -0.25) is 4.79 Å². The number of nitrogens with zero attached hydrogens (tertiary/aromatic N) is 1. The molecule has 2 aromatic carbocycles.